The molecule has 0 spiro atoms. The third-order valence-electron chi connectivity index (χ3n) is 13.7. The Morgan fingerprint density at radius 3 is 2.00 bits per heavy atom. The first-order valence-electron chi connectivity index (χ1n) is 21.0. The molecular formula is C55H39BN2O2. The monoisotopic (exact) mass is 770 g/mol. The summed E-state index contributed by atoms with van der Waals surface area (Å²) < 4.78 is 16.8. The molecule has 0 radical (unpaired) electrons. The smallest absolute Gasteiger partial charge is 0.235 e. The molecule has 0 N–H and O–H groups in total. The van der Waals surface area contributed by atoms with Crippen LogP contribution < -0.4 is 25.3 Å². The Morgan fingerprint density at radius 2 is 1.22 bits per heavy atom. The lowest BCUT2D eigenvalue weighted by molar-refractivity contribution is 0.193. The molecule has 0 amide bonds. The van der Waals surface area contributed by atoms with Gasteiger partial charge >= 0.3 is 0 Å². The standard InChI is InChI=1S/C55H39BN2O2/c1-55(2)43-31-37(57(34-17-6-3-7-18-34)35-19-8-4-9-20-35)29-30-38(43)42-32-49-45(33-44(42)55)56-51-39-23-12-13-24-40(39)53-50(54(51)60-48-28-16-27-47(59-49)52(48)56)41-25-14-15-26-46(41)58(53)36-21-10-5-11-22-36/h3-33,51,54H,1-2H3. The number of anilines is 3. The zero-order valence-electron chi connectivity index (χ0n) is 33.3. The average molecular weight is 771 g/mol. The maximum absolute atomic E-state index is 7.33. The molecule has 4 aliphatic rings. The van der Waals surface area contributed by atoms with Gasteiger partial charge in [0.05, 0.1) is 11.2 Å². The molecule has 4 nitrogen and oxygen atoms in total. The van der Waals surface area contributed by atoms with Crippen LogP contribution in [0, 0.1) is 0 Å². The maximum Gasteiger partial charge on any atom is 0.235 e. The molecule has 2 atom stereocenters. The summed E-state index contributed by atoms with van der Waals surface area (Å²) in [5.41, 5.74) is 18.0. The molecule has 0 saturated carbocycles. The molecule has 1 aromatic heterocycles. The molecule has 9 aromatic rings. The van der Waals surface area contributed by atoms with Crippen LogP contribution >= 0.6 is 0 Å². The second-order valence-corrected chi connectivity index (χ2v) is 17.1. The van der Waals surface area contributed by atoms with E-state index in [1.807, 2.05) is 0 Å². The summed E-state index contributed by atoms with van der Waals surface area (Å²) in [4.78, 5) is 2.36. The van der Waals surface area contributed by atoms with Gasteiger partial charge in [-0.15, -0.1) is 0 Å². The molecule has 60 heavy (non-hydrogen) atoms. The van der Waals surface area contributed by atoms with E-state index in [9.17, 15) is 0 Å². The number of fused-ring (bicyclic) bond motifs is 14. The van der Waals surface area contributed by atoms with Crippen LogP contribution in [0.15, 0.2) is 188 Å². The molecule has 2 unspecified atom stereocenters. The summed E-state index contributed by atoms with van der Waals surface area (Å²) in [6.07, 6.45) is -0.216. The Bertz CT molecular complexity index is 3170. The zero-order valence-corrected chi connectivity index (χ0v) is 33.3. The second kappa shape index (κ2) is 12.4. The van der Waals surface area contributed by atoms with Crippen molar-refractivity contribution in [1.29, 1.82) is 0 Å². The van der Waals surface area contributed by atoms with Gasteiger partial charge in [0.15, 0.2) is 0 Å². The average Bonchev–Trinajstić information content (AvgIpc) is 3.75. The predicted molar refractivity (Wildman–Crippen MR) is 245 cm³/mol. The summed E-state index contributed by atoms with van der Waals surface area (Å²) in [6, 6.07) is 68.2. The number of aromatic nitrogens is 1. The van der Waals surface area contributed by atoms with Crippen molar-refractivity contribution in [2.45, 2.75) is 31.2 Å². The van der Waals surface area contributed by atoms with Crippen LogP contribution in [0.3, 0.4) is 0 Å². The molecular weight excluding hydrogens is 731 g/mol. The zero-order chi connectivity index (χ0) is 39.7. The number of ether oxygens (including phenoxy) is 2. The highest BCUT2D eigenvalue weighted by atomic mass is 16.5. The van der Waals surface area contributed by atoms with Crippen molar-refractivity contribution in [2.75, 3.05) is 4.90 Å². The van der Waals surface area contributed by atoms with Crippen LogP contribution in [0.5, 0.6) is 17.2 Å². The molecule has 8 aromatic carbocycles. The predicted octanol–water partition coefficient (Wildman–Crippen LogP) is 12.6. The summed E-state index contributed by atoms with van der Waals surface area (Å²) in [6.45, 7) is 4.79. The van der Waals surface area contributed by atoms with Crippen molar-refractivity contribution < 1.29 is 9.47 Å². The third kappa shape index (κ3) is 4.58. The number of para-hydroxylation sites is 4. The SMILES string of the molecule is CC1(C)c2cc(N(c3ccccc3)c3ccccc3)ccc2-c2cc3c(cc21)B1c2c(cccc2OC2c4c(n(-c5ccccc5)c5ccccc45)-c4ccccc4C12)O3. The first-order valence-corrected chi connectivity index (χ1v) is 21.0. The van der Waals surface area contributed by atoms with E-state index in [1.165, 1.54) is 61.0 Å². The quantitative estimate of drug-likeness (QED) is 0.167. The van der Waals surface area contributed by atoms with Gasteiger partial charge in [0.25, 0.3) is 0 Å². The van der Waals surface area contributed by atoms with Crippen LogP contribution in [0.2, 0.25) is 0 Å². The van der Waals surface area contributed by atoms with E-state index in [2.05, 4.69) is 211 Å². The molecule has 13 rings (SSSR count). The molecule has 2 aliphatic carbocycles. The summed E-state index contributed by atoms with van der Waals surface area (Å²) in [7, 11) is 0. The molecule has 2 aliphatic heterocycles. The van der Waals surface area contributed by atoms with Gasteiger partial charge in [0.2, 0.25) is 6.71 Å². The fourth-order valence-electron chi connectivity index (χ4n) is 11.1. The first kappa shape index (κ1) is 33.7. The maximum atomic E-state index is 7.33. The van der Waals surface area contributed by atoms with Crippen molar-refractivity contribution in [3.63, 3.8) is 0 Å². The Labute approximate surface area is 350 Å². The third-order valence-corrected chi connectivity index (χ3v) is 13.7. The van der Waals surface area contributed by atoms with E-state index in [-0.39, 0.29) is 24.0 Å². The Morgan fingerprint density at radius 1 is 0.550 bits per heavy atom. The van der Waals surface area contributed by atoms with E-state index < -0.39 is 0 Å². The number of hydrogen-bond acceptors (Lipinski definition) is 3. The topological polar surface area (TPSA) is 26.6 Å². The van der Waals surface area contributed by atoms with Gasteiger partial charge in [-0.2, -0.15) is 0 Å². The number of benzene rings is 8. The normalized spacial score (nSPS) is 16.9. The highest BCUT2D eigenvalue weighted by Gasteiger charge is 2.53. The lowest BCUT2D eigenvalue weighted by atomic mass is 9.29. The minimum absolute atomic E-state index is 0.0128. The minimum Gasteiger partial charge on any atom is -0.486 e. The van der Waals surface area contributed by atoms with Crippen molar-refractivity contribution in [1.82, 2.24) is 4.57 Å². The van der Waals surface area contributed by atoms with Crippen LogP contribution in [0.25, 0.3) is 39.0 Å². The molecule has 5 heteroatoms. The van der Waals surface area contributed by atoms with E-state index in [0.29, 0.717) is 0 Å². The molecule has 0 saturated heterocycles. The molecule has 0 bridgehead atoms. The van der Waals surface area contributed by atoms with Crippen LogP contribution in [0.4, 0.5) is 17.1 Å². The second-order valence-electron chi connectivity index (χ2n) is 17.1. The van der Waals surface area contributed by atoms with Gasteiger partial charge in [-0.1, -0.05) is 129 Å². The fraction of sp³-hybridized carbons (Fsp3) is 0.0909. The largest absolute Gasteiger partial charge is 0.486 e. The van der Waals surface area contributed by atoms with Gasteiger partial charge < -0.3 is 18.9 Å². The molecule has 284 valence electrons. The van der Waals surface area contributed by atoms with Crippen molar-refractivity contribution in [3.8, 4) is 45.3 Å². The van der Waals surface area contributed by atoms with Crippen LogP contribution in [0.1, 0.15) is 48.0 Å². The number of rotatable bonds is 4. The van der Waals surface area contributed by atoms with Gasteiger partial charge in [0.1, 0.15) is 23.4 Å². The van der Waals surface area contributed by atoms with Crippen molar-refractivity contribution in [2.24, 2.45) is 0 Å². The van der Waals surface area contributed by atoms with E-state index in [1.54, 1.807) is 0 Å². The Hall–Kier alpha value is -7.24. The molecule has 3 heterocycles. The Balaban J connectivity index is 1.00. The number of hydrogen-bond donors (Lipinski definition) is 0. The fourth-order valence-corrected chi connectivity index (χ4v) is 11.1. The minimum atomic E-state index is -0.264. The highest BCUT2D eigenvalue weighted by molar-refractivity contribution is 6.89. The number of nitrogens with zero attached hydrogens (tertiary/aromatic N) is 2. The lowest BCUT2D eigenvalue weighted by Crippen LogP contribution is -2.57. The van der Waals surface area contributed by atoms with Gasteiger partial charge in [0, 0.05) is 56.0 Å². The van der Waals surface area contributed by atoms with Gasteiger partial charge in [-0.05, 0) is 106 Å². The first-order chi connectivity index (χ1) is 29.5. The van der Waals surface area contributed by atoms with Crippen molar-refractivity contribution >= 4 is 45.6 Å². The highest BCUT2D eigenvalue weighted by Crippen LogP contribution is 2.57. The van der Waals surface area contributed by atoms with Gasteiger partial charge in [-0.3, -0.25) is 0 Å². The van der Waals surface area contributed by atoms with Crippen LogP contribution in [-0.2, 0) is 5.41 Å². The summed E-state index contributed by atoms with van der Waals surface area (Å²) in [5, 5.41) is 1.23. The summed E-state index contributed by atoms with van der Waals surface area (Å²) >= 11 is 0. The molecule has 0 fully saturated rings. The summed E-state index contributed by atoms with van der Waals surface area (Å²) in [5.74, 6) is 2.73. The van der Waals surface area contributed by atoms with Gasteiger partial charge in [-0.25, -0.2) is 0 Å². The lowest BCUT2D eigenvalue weighted by Gasteiger charge is -2.45. The van der Waals surface area contributed by atoms with E-state index >= 15 is 0 Å². The van der Waals surface area contributed by atoms with E-state index in [0.717, 1.165) is 45.5 Å². The Kier molecular flexibility index (Phi) is 6.96. The van der Waals surface area contributed by atoms with Crippen LogP contribution in [-0.4, -0.2) is 11.3 Å². The van der Waals surface area contributed by atoms with E-state index in [4.69, 9.17) is 9.47 Å². The van der Waals surface area contributed by atoms with Crippen molar-refractivity contribution in [3.05, 3.63) is 210 Å².